The van der Waals surface area contributed by atoms with Gasteiger partial charge in [0, 0.05) is 33.8 Å². The molecule has 0 bridgehead atoms. The number of benzene rings is 3. The summed E-state index contributed by atoms with van der Waals surface area (Å²) in [5.74, 6) is 0.829. The van der Waals surface area contributed by atoms with Crippen LogP contribution in [0.3, 0.4) is 0 Å². The normalized spacial score (nSPS) is 19.9. The van der Waals surface area contributed by atoms with Gasteiger partial charge in [0.2, 0.25) is 0 Å². The SMILES string of the molecule is O=C(Cc1ccc2cccc(Cl)c2c1)[C@@H]1C[C@H]1c1ccc(S(=O)(=O)Cc2ncc(C3CCCC3)s2)cc1. The zero-order valence-corrected chi connectivity index (χ0v) is 22.8. The van der Waals surface area contributed by atoms with E-state index < -0.39 is 9.84 Å². The van der Waals surface area contributed by atoms with Crippen LogP contribution in [0.1, 0.15) is 65.0 Å². The summed E-state index contributed by atoms with van der Waals surface area (Å²) in [4.78, 5) is 18.9. The molecule has 0 N–H and O–H groups in total. The number of aromatic nitrogens is 1. The molecule has 0 aliphatic heterocycles. The molecule has 4 nitrogen and oxygen atoms in total. The van der Waals surface area contributed by atoms with E-state index in [0.29, 0.717) is 27.3 Å². The third kappa shape index (κ3) is 5.25. The average molecular weight is 550 g/mol. The van der Waals surface area contributed by atoms with Gasteiger partial charge in [0.25, 0.3) is 0 Å². The van der Waals surface area contributed by atoms with Gasteiger partial charge in [-0.2, -0.15) is 0 Å². The molecule has 0 unspecified atom stereocenters. The third-order valence-corrected chi connectivity index (χ3v) is 11.1. The van der Waals surface area contributed by atoms with Crippen molar-refractivity contribution < 1.29 is 13.2 Å². The largest absolute Gasteiger partial charge is 0.299 e. The van der Waals surface area contributed by atoms with Crippen LogP contribution in [0.25, 0.3) is 10.8 Å². The summed E-state index contributed by atoms with van der Waals surface area (Å²) in [6.07, 6.45) is 7.90. The first-order chi connectivity index (χ1) is 17.9. The van der Waals surface area contributed by atoms with Crippen LogP contribution in [0.2, 0.25) is 5.02 Å². The van der Waals surface area contributed by atoms with Gasteiger partial charge in [0.05, 0.1) is 4.90 Å². The Morgan fingerprint density at radius 2 is 1.81 bits per heavy atom. The smallest absolute Gasteiger partial charge is 0.184 e. The fourth-order valence-corrected chi connectivity index (χ4v) is 8.54. The fourth-order valence-electron chi connectivity index (χ4n) is 5.60. The lowest BCUT2D eigenvalue weighted by Gasteiger charge is -2.07. The monoisotopic (exact) mass is 549 g/mol. The first-order valence-corrected chi connectivity index (χ1v) is 15.7. The standard InChI is InChI=1S/C30H28ClNO3S2/c31-27-7-3-6-20-9-8-19(14-25(20)27)15-28(33)26-16-24(26)21-10-12-23(13-11-21)37(34,35)18-30-32-17-29(36-30)22-4-1-2-5-22/h3,6-14,17,22,24,26H,1-2,4-5,15-16,18H2/t24-,26+/m0/s1. The van der Waals surface area contributed by atoms with Crippen molar-refractivity contribution in [3.63, 3.8) is 0 Å². The second kappa shape index (κ2) is 9.97. The molecule has 6 rings (SSSR count). The van der Waals surface area contributed by atoms with Crippen molar-refractivity contribution in [3.8, 4) is 0 Å². The van der Waals surface area contributed by atoms with Crippen molar-refractivity contribution in [2.24, 2.45) is 5.92 Å². The van der Waals surface area contributed by atoms with Gasteiger partial charge in [0.1, 0.15) is 16.5 Å². The maximum atomic E-state index is 13.0. The van der Waals surface area contributed by atoms with Gasteiger partial charge in [-0.15, -0.1) is 11.3 Å². The van der Waals surface area contributed by atoms with E-state index in [-0.39, 0.29) is 23.4 Å². The summed E-state index contributed by atoms with van der Waals surface area (Å²) in [5.41, 5.74) is 1.99. The van der Waals surface area contributed by atoms with Crippen LogP contribution in [0.5, 0.6) is 0 Å². The molecule has 2 atom stereocenters. The molecule has 7 heteroatoms. The molecular formula is C30H28ClNO3S2. The van der Waals surface area contributed by atoms with Gasteiger partial charge in [-0.1, -0.05) is 60.8 Å². The molecule has 2 saturated carbocycles. The summed E-state index contributed by atoms with van der Waals surface area (Å²) < 4.78 is 26.0. The predicted molar refractivity (Wildman–Crippen MR) is 149 cm³/mol. The molecule has 2 aliphatic carbocycles. The molecule has 190 valence electrons. The van der Waals surface area contributed by atoms with Crippen molar-refractivity contribution in [2.45, 2.75) is 61.0 Å². The third-order valence-electron chi connectivity index (χ3n) is 7.79. The van der Waals surface area contributed by atoms with E-state index >= 15 is 0 Å². The number of rotatable bonds is 8. The number of Topliss-reactive ketones (excluding diaryl/α,β-unsaturated/α-hetero) is 1. The highest BCUT2D eigenvalue weighted by Crippen LogP contribution is 2.48. The minimum atomic E-state index is -3.47. The molecule has 2 fully saturated rings. The summed E-state index contributed by atoms with van der Waals surface area (Å²) in [5, 5.41) is 3.38. The molecule has 0 amide bonds. The maximum absolute atomic E-state index is 13.0. The fraction of sp³-hybridized carbons (Fsp3) is 0.333. The van der Waals surface area contributed by atoms with Crippen molar-refractivity contribution in [1.29, 1.82) is 0 Å². The Balaban J connectivity index is 1.09. The molecular weight excluding hydrogens is 522 g/mol. The van der Waals surface area contributed by atoms with E-state index in [0.717, 1.165) is 28.3 Å². The summed E-state index contributed by atoms with van der Waals surface area (Å²) in [6, 6.07) is 18.9. The molecule has 2 aliphatic rings. The lowest BCUT2D eigenvalue weighted by Crippen LogP contribution is -2.07. The highest BCUT2D eigenvalue weighted by molar-refractivity contribution is 7.90. The van der Waals surface area contributed by atoms with Gasteiger partial charge < -0.3 is 0 Å². The van der Waals surface area contributed by atoms with Crippen molar-refractivity contribution >= 4 is 49.3 Å². The number of hydrogen-bond acceptors (Lipinski definition) is 5. The van der Waals surface area contributed by atoms with Gasteiger partial charge in [-0.3, -0.25) is 4.79 Å². The van der Waals surface area contributed by atoms with Crippen LogP contribution in [-0.2, 0) is 26.8 Å². The molecule has 37 heavy (non-hydrogen) atoms. The van der Waals surface area contributed by atoms with Crippen molar-refractivity contribution in [1.82, 2.24) is 4.98 Å². The van der Waals surface area contributed by atoms with Crippen LogP contribution in [0, 0.1) is 5.92 Å². The minimum Gasteiger partial charge on any atom is -0.299 e. The van der Waals surface area contributed by atoms with Crippen LogP contribution in [0.15, 0.2) is 71.8 Å². The van der Waals surface area contributed by atoms with Gasteiger partial charge in [0.15, 0.2) is 9.84 Å². The van der Waals surface area contributed by atoms with E-state index in [9.17, 15) is 13.2 Å². The summed E-state index contributed by atoms with van der Waals surface area (Å²) in [7, 11) is -3.47. The van der Waals surface area contributed by atoms with E-state index in [1.807, 2.05) is 54.7 Å². The Kier molecular flexibility index (Phi) is 6.68. The van der Waals surface area contributed by atoms with E-state index in [2.05, 4.69) is 4.98 Å². The minimum absolute atomic E-state index is 0.0197. The van der Waals surface area contributed by atoms with E-state index in [1.165, 1.54) is 41.9 Å². The number of sulfone groups is 1. The van der Waals surface area contributed by atoms with E-state index in [4.69, 9.17) is 11.6 Å². The van der Waals surface area contributed by atoms with Crippen molar-refractivity contribution in [3.05, 3.63) is 92.9 Å². The number of thiazole rings is 1. The molecule has 1 aromatic heterocycles. The molecule has 3 aromatic carbocycles. The lowest BCUT2D eigenvalue weighted by atomic mass is 10.00. The Morgan fingerprint density at radius 3 is 2.59 bits per heavy atom. The summed E-state index contributed by atoms with van der Waals surface area (Å²) in [6.45, 7) is 0. The number of halogens is 1. The number of carbonyl (C=O) groups is 1. The topological polar surface area (TPSA) is 64.1 Å². The van der Waals surface area contributed by atoms with Crippen LogP contribution in [-0.4, -0.2) is 19.2 Å². The molecule has 4 aromatic rings. The van der Waals surface area contributed by atoms with Gasteiger partial charge in [-0.05, 0) is 71.9 Å². The average Bonchev–Trinajstić information content (AvgIpc) is 3.26. The second-order valence-electron chi connectivity index (χ2n) is 10.4. The summed E-state index contributed by atoms with van der Waals surface area (Å²) >= 11 is 7.87. The first-order valence-electron chi connectivity index (χ1n) is 12.8. The lowest BCUT2D eigenvalue weighted by molar-refractivity contribution is -0.119. The zero-order chi connectivity index (χ0) is 25.6. The van der Waals surface area contributed by atoms with Gasteiger partial charge in [-0.25, -0.2) is 13.4 Å². The highest BCUT2D eigenvalue weighted by Gasteiger charge is 2.43. The number of carbonyl (C=O) groups excluding carboxylic acids is 1. The van der Waals surface area contributed by atoms with Crippen LogP contribution >= 0.6 is 22.9 Å². The quantitative estimate of drug-likeness (QED) is 0.228. The first kappa shape index (κ1) is 24.8. The Hall–Kier alpha value is -2.54. The number of hydrogen-bond donors (Lipinski definition) is 0. The highest BCUT2D eigenvalue weighted by atomic mass is 35.5. The van der Waals surface area contributed by atoms with Crippen LogP contribution < -0.4 is 0 Å². The zero-order valence-electron chi connectivity index (χ0n) is 20.4. The van der Waals surface area contributed by atoms with Crippen LogP contribution in [0.4, 0.5) is 0 Å². The van der Waals surface area contributed by atoms with E-state index in [1.54, 1.807) is 12.1 Å². The Labute approximate surface area is 226 Å². The van der Waals surface area contributed by atoms with Gasteiger partial charge >= 0.3 is 0 Å². The second-order valence-corrected chi connectivity index (χ2v) is 13.9. The number of ketones is 1. The van der Waals surface area contributed by atoms with Crippen molar-refractivity contribution in [2.75, 3.05) is 0 Å². The maximum Gasteiger partial charge on any atom is 0.184 e. The molecule has 0 saturated heterocycles. The predicted octanol–water partition coefficient (Wildman–Crippen LogP) is 7.50. The Bertz CT molecular complexity index is 1570. The number of nitrogens with zero attached hydrogens (tertiary/aromatic N) is 1. The molecule has 0 radical (unpaired) electrons. The number of fused-ring (bicyclic) bond motifs is 1. The molecule has 1 heterocycles. The Morgan fingerprint density at radius 1 is 1.03 bits per heavy atom. The molecule has 0 spiro atoms.